The number of hydrogen-bond acceptors (Lipinski definition) is 2. The summed E-state index contributed by atoms with van der Waals surface area (Å²) in [5, 5.41) is 2.42. The molecule has 1 aromatic heterocycles. The number of fused-ring (bicyclic) bond motifs is 17. The molecule has 4 aliphatic rings. The molecular formula is C61H36BNO2. The van der Waals surface area contributed by atoms with Crippen LogP contribution >= 0.6 is 0 Å². The molecule has 0 saturated carbocycles. The van der Waals surface area contributed by atoms with Crippen molar-refractivity contribution in [2.45, 2.75) is 5.41 Å². The largest absolute Gasteiger partial charge is 0.458 e. The molecule has 0 N–H and O–H groups in total. The van der Waals surface area contributed by atoms with Gasteiger partial charge in [0, 0.05) is 28.4 Å². The molecule has 0 saturated heterocycles. The van der Waals surface area contributed by atoms with Gasteiger partial charge in [-0.3, -0.25) is 0 Å². The predicted octanol–water partition coefficient (Wildman–Crippen LogP) is 13.2. The lowest BCUT2D eigenvalue weighted by atomic mass is 9.34. The van der Waals surface area contributed by atoms with Crippen LogP contribution in [-0.2, 0) is 5.41 Å². The molecule has 3 heterocycles. The van der Waals surface area contributed by atoms with E-state index in [1.165, 1.54) is 55.3 Å². The lowest BCUT2D eigenvalue weighted by molar-refractivity contribution is 0.464. The first-order valence-electron chi connectivity index (χ1n) is 22.5. The third-order valence-electron chi connectivity index (χ3n) is 14.7. The van der Waals surface area contributed by atoms with Crippen molar-refractivity contribution in [2.24, 2.45) is 0 Å². The Kier molecular flexibility index (Phi) is 6.96. The molecule has 0 bridgehead atoms. The van der Waals surface area contributed by atoms with Gasteiger partial charge in [0.25, 0.3) is 6.71 Å². The Labute approximate surface area is 376 Å². The molecule has 0 atom stereocenters. The molecule has 11 aromatic rings. The Morgan fingerprint density at radius 1 is 0.338 bits per heavy atom. The summed E-state index contributed by atoms with van der Waals surface area (Å²) in [5.41, 5.74) is 21.2. The average molecular weight is 826 g/mol. The molecule has 0 amide bonds. The summed E-state index contributed by atoms with van der Waals surface area (Å²) in [6.45, 7) is -0.0709. The molecule has 2 aliphatic heterocycles. The Bertz CT molecular complexity index is 3690. The first-order chi connectivity index (χ1) is 32.2. The third kappa shape index (κ3) is 4.65. The summed E-state index contributed by atoms with van der Waals surface area (Å²) in [7, 11) is 0. The van der Waals surface area contributed by atoms with Crippen molar-refractivity contribution in [1.82, 2.24) is 4.57 Å². The van der Waals surface area contributed by atoms with Crippen molar-refractivity contribution < 1.29 is 9.47 Å². The number of hydrogen-bond donors (Lipinski definition) is 0. The van der Waals surface area contributed by atoms with Crippen LogP contribution in [0.1, 0.15) is 22.3 Å². The van der Waals surface area contributed by atoms with E-state index in [1.54, 1.807) is 0 Å². The normalized spacial score (nSPS) is 13.9. The van der Waals surface area contributed by atoms with Crippen LogP contribution in [0.4, 0.5) is 0 Å². The minimum atomic E-state index is -0.462. The Balaban J connectivity index is 0.993. The molecule has 300 valence electrons. The van der Waals surface area contributed by atoms with Crippen molar-refractivity contribution in [3.05, 3.63) is 241 Å². The summed E-state index contributed by atoms with van der Waals surface area (Å²) in [6, 6.07) is 80.0. The van der Waals surface area contributed by atoms with Gasteiger partial charge < -0.3 is 14.0 Å². The quantitative estimate of drug-likeness (QED) is 0.166. The molecule has 1 spiro atoms. The SMILES string of the molecule is c1ccc(-c2ccc3c(c2)Oc2cc(-n4c5ccccc5c5cc6c(cc54)C4(c5ccccc5-c5ccccc54)c4ccccc4-6)cc4c2B3c2ccc(-c3ccccc3)cc2O4)cc1. The van der Waals surface area contributed by atoms with E-state index in [2.05, 4.69) is 223 Å². The Morgan fingerprint density at radius 3 is 1.40 bits per heavy atom. The highest BCUT2D eigenvalue weighted by Gasteiger charge is 2.52. The fourth-order valence-corrected chi connectivity index (χ4v) is 12.1. The van der Waals surface area contributed by atoms with E-state index < -0.39 is 5.41 Å². The van der Waals surface area contributed by atoms with Crippen molar-refractivity contribution in [3.63, 3.8) is 0 Å². The zero-order valence-electron chi connectivity index (χ0n) is 35.1. The molecule has 4 heteroatoms. The van der Waals surface area contributed by atoms with Crippen LogP contribution in [0.25, 0.3) is 72.0 Å². The highest BCUT2D eigenvalue weighted by atomic mass is 16.5. The van der Waals surface area contributed by atoms with E-state index in [0.717, 1.165) is 78.4 Å². The average Bonchev–Trinajstić information content (AvgIpc) is 3.97. The van der Waals surface area contributed by atoms with Crippen molar-refractivity contribution in [2.75, 3.05) is 0 Å². The van der Waals surface area contributed by atoms with Gasteiger partial charge in [-0.05, 0) is 108 Å². The monoisotopic (exact) mass is 825 g/mol. The fourth-order valence-electron chi connectivity index (χ4n) is 12.1. The van der Waals surface area contributed by atoms with Crippen LogP contribution in [0, 0.1) is 0 Å². The summed E-state index contributed by atoms with van der Waals surface area (Å²) in [5.74, 6) is 3.36. The molecule has 10 aromatic carbocycles. The van der Waals surface area contributed by atoms with E-state index >= 15 is 0 Å². The van der Waals surface area contributed by atoms with Crippen molar-refractivity contribution >= 4 is 44.9 Å². The summed E-state index contributed by atoms with van der Waals surface area (Å²) in [6.07, 6.45) is 0. The second-order valence-electron chi connectivity index (χ2n) is 17.9. The highest BCUT2D eigenvalue weighted by Crippen LogP contribution is 2.63. The topological polar surface area (TPSA) is 23.4 Å². The van der Waals surface area contributed by atoms with Crippen LogP contribution in [0.15, 0.2) is 218 Å². The standard InChI is InChI=1S/C61H36BNO2/c1-3-15-37(16-4-1)39-27-29-52-56(31-39)64-58-33-41(34-59-60(58)62(52)53-30-28-40(32-57(53)65-59)38-17-5-2-6-18-38)63-54-26-14-10-22-45(54)47-35-46-44-21-9-13-25-50(44)61(51(46)36-55(47)63)48-23-11-7-19-42(48)43-20-8-12-24-49(43)61/h1-36H. The van der Waals surface area contributed by atoms with Crippen molar-refractivity contribution in [1.29, 1.82) is 0 Å². The molecule has 0 unspecified atom stereocenters. The predicted molar refractivity (Wildman–Crippen MR) is 266 cm³/mol. The van der Waals surface area contributed by atoms with Crippen LogP contribution in [-0.4, -0.2) is 11.3 Å². The van der Waals surface area contributed by atoms with Gasteiger partial charge in [-0.1, -0.05) is 176 Å². The zero-order chi connectivity index (χ0) is 42.4. The molecule has 3 nitrogen and oxygen atoms in total. The lowest BCUT2D eigenvalue weighted by Gasteiger charge is -2.34. The zero-order valence-corrected chi connectivity index (χ0v) is 35.1. The van der Waals surface area contributed by atoms with Crippen LogP contribution in [0.5, 0.6) is 23.0 Å². The van der Waals surface area contributed by atoms with Gasteiger partial charge in [-0.25, -0.2) is 0 Å². The van der Waals surface area contributed by atoms with Gasteiger partial charge in [0.05, 0.1) is 22.1 Å². The van der Waals surface area contributed by atoms with Gasteiger partial charge in [0.2, 0.25) is 0 Å². The maximum absolute atomic E-state index is 7.13. The van der Waals surface area contributed by atoms with Gasteiger partial charge in [0.1, 0.15) is 23.0 Å². The molecule has 2 aliphatic carbocycles. The van der Waals surface area contributed by atoms with Crippen LogP contribution < -0.4 is 25.9 Å². The van der Waals surface area contributed by atoms with Crippen LogP contribution in [0.2, 0.25) is 0 Å². The second-order valence-corrected chi connectivity index (χ2v) is 17.9. The van der Waals surface area contributed by atoms with Gasteiger partial charge in [-0.15, -0.1) is 0 Å². The minimum Gasteiger partial charge on any atom is -0.458 e. The highest BCUT2D eigenvalue weighted by molar-refractivity contribution is 6.98. The van der Waals surface area contributed by atoms with E-state index in [1.807, 2.05) is 0 Å². The smallest absolute Gasteiger partial charge is 0.260 e. The summed E-state index contributed by atoms with van der Waals surface area (Å²) < 4.78 is 16.7. The minimum absolute atomic E-state index is 0.0709. The number of nitrogens with zero attached hydrogens (tertiary/aromatic N) is 1. The molecular weight excluding hydrogens is 789 g/mol. The van der Waals surface area contributed by atoms with Gasteiger partial charge in [0.15, 0.2) is 0 Å². The summed E-state index contributed by atoms with van der Waals surface area (Å²) >= 11 is 0. The fraction of sp³-hybridized carbons (Fsp3) is 0.0164. The Hall–Kier alpha value is -8.34. The number of aromatic nitrogens is 1. The van der Waals surface area contributed by atoms with E-state index in [0.29, 0.717) is 0 Å². The first-order valence-corrected chi connectivity index (χ1v) is 22.5. The van der Waals surface area contributed by atoms with Gasteiger partial charge in [-0.2, -0.15) is 0 Å². The number of rotatable bonds is 3. The van der Waals surface area contributed by atoms with E-state index in [9.17, 15) is 0 Å². The molecule has 0 radical (unpaired) electrons. The maximum atomic E-state index is 7.13. The summed E-state index contributed by atoms with van der Waals surface area (Å²) in [4.78, 5) is 0. The van der Waals surface area contributed by atoms with Crippen molar-refractivity contribution in [3.8, 4) is 73.2 Å². The third-order valence-corrected chi connectivity index (χ3v) is 14.7. The molecule has 0 fully saturated rings. The number of ether oxygens (including phenoxy) is 2. The maximum Gasteiger partial charge on any atom is 0.260 e. The number of para-hydroxylation sites is 1. The lowest BCUT2D eigenvalue weighted by Crippen LogP contribution is -2.57. The number of benzene rings is 10. The molecule has 65 heavy (non-hydrogen) atoms. The van der Waals surface area contributed by atoms with E-state index in [-0.39, 0.29) is 6.71 Å². The van der Waals surface area contributed by atoms with E-state index in [4.69, 9.17) is 9.47 Å². The van der Waals surface area contributed by atoms with Crippen LogP contribution in [0.3, 0.4) is 0 Å². The second kappa shape index (κ2) is 12.9. The first kappa shape index (κ1) is 35.2. The molecule has 15 rings (SSSR count). The Morgan fingerprint density at radius 2 is 0.831 bits per heavy atom. The van der Waals surface area contributed by atoms with Gasteiger partial charge >= 0.3 is 0 Å².